The highest BCUT2D eigenvalue weighted by molar-refractivity contribution is 7.91. The van der Waals surface area contributed by atoms with E-state index in [4.69, 9.17) is 4.74 Å². The van der Waals surface area contributed by atoms with Crippen molar-refractivity contribution in [2.24, 2.45) is 5.92 Å². The van der Waals surface area contributed by atoms with E-state index in [2.05, 4.69) is 12.2 Å². The van der Waals surface area contributed by atoms with Crippen molar-refractivity contribution in [3.63, 3.8) is 0 Å². The first-order valence-corrected chi connectivity index (χ1v) is 11.7. The van der Waals surface area contributed by atoms with E-state index in [0.29, 0.717) is 16.5 Å². The SMILES string of the molecule is COC(=O)c1c(NC(=O)CCS(=O)(=O)c2ccc(F)cc2)sc2c1CCC(C)C2. The molecule has 0 bridgehead atoms. The van der Waals surface area contributed by atoms with Gasteiger partial charge < -0.3 is 10.1 Å². The van der Waals surface area contributed by atoms with E-state index in [1.54, 1.807) is 0 Å². The van der Waals surface area contributed by atoms with Gasteiger partial charge in [0.2, 0.25) is 5.91 Å². The molecule has 1 aromatic carbocycles. The molecule has 1 aliphatic carbocycles. The summed E-state index contributed by atoms with van der Waals surface area (Å²) in [5.41, 5.74) is 1.28. The molecule has 0 aliphatic heterocycles. The molecule has 0 fully saturated rings. The number of sulfone groups is 1. The summed E-state index contributed by atoms with van der Waals surface area (Å²) in [5, 5.41) is 3.09. The molecule has 1 amide bonds. The Bertz CT molecular complexity index is 1030. The maximum atomic E-state index is 13.0. The number of anilines is 1. The quantitative estimate of drug-likeness (QED) is 0.549. The summed E-state index contributed by atoms with van der Waals surface area (Å²) in [6.45, 7) is 2.14. The standard InChI is InChI=1S/C20H22FNO5S2/c1-12-3-8-15-16(11-12)28-19(18(15)20(24)27-2)22-17(23)9-10-29(25,26)14-6-4-13(21)5-7-14/h4-7,12H,3,8-11H2,1-2H3,(H,22,23). The number of thiophene rings is 1. The highest BCUT2D eigenvalue weighted by atomic mass is 32.2. The largest absolute Gasteiger partial charge is 0.465 e. The van der Waals surface area contributed by atoms with Gasteiger partial charge >= 0.3 is 5.97 Å². The second-order valence-corrected chi connectivity index (χ2v) is 10.3. The lowest BCUT2D eigenvalue weighted by atomic mass is 9.88. The number of rotatable bonds is 6. The molecule has 0 spiro atoms. The van der Waals surface area contributed by atoms with Gasteiger partial charge in [-0.25, -0.2) is 17.6 Å². The first-order chi connectivity index (χ1) is 13.7. The average Bonchev–Trinajstić information content (AvgIpc) is 3.03. The Hall–Kier alpha value is -2.26. The van der Waals surface area contributed by atoms with Crippen LogP contribution in [-0.4, -0.2) is 33.2 Å². The first kappa shape index (κ1) is 21.4. The minimum absolute atomic E-state index is 0.0393. The molecule has 6 nitrogen and oxygen atoms in total. The highest BCUT2D eigenvalue weighted by Crippen LogP contribution is 2.40. The molecule has 0 saturated carbocycles. The number of fused-ring (bicyclic) bond motifs is 1. The van der Waals surface area contributed by atoms with Crippen LogP contribution in [-0.2, 0) is 32.2 Å². The number of carbonyl (C=O) groups excluding carboxylic acids is 2. The molecule has 2 aromatic rings. The van der Waals surface area contributed by atoms with Crippen molar-refractivity contribution in [1.29, 1.82) is 0 Å². The van der Waals surface area contributed by atoms with Gasteiger partial charge in [0.05, 0.1) is 23.3 Å². The van der Waals surface area contributed by atoms with E-state index in [9.17, 15) is 22.4 Å². The number of hydrogen-bond acceptors (Lipinski definition) is 6. The third-order valence-electron chi connectivity index (χ3n) is 4.92. The fourth-order valence-electron chi connectivity index (χ4n) is 3.33. The average molecular weight is 440 g/mol. The molecule has 3 rings (SSSR count). The van der Waals surface area contributed by atoms with Gasteiger partial charge in [0, 0.05) is 11.3 Å². The number of halogens is 1. The third-order valence-corrected chi connectivity index (χ3v) is 7.83. The maximum absolute atomic E-state index is 13.0. The van der Waals surface area contributed by atoms with Gasteiger partial charge in [-0.15, -0.1) is 11.3 Å². The number of methoxy groups -OCH3 is 1. The zero-order valence-electron chi connectivity index (χ0n) is 16.2. The fourth-order valence-corrected chi connectivity index (χ4v) is 5.99. The van der Waals surface area contributed by atoms with Crippen molar-refractivity contribution in [1.82, 2.24) is 0 Å². The Morgan fingerprint density at radius 2 is 1.97 bits per heavy atom. The lowest BCUT2D eigenvalue weighted by Gasteiger charge is -2.18. The minimum Gasteiger partial charge on any atom is -0.465 e. The maximum Gasteiger partial charge on any atom is 0.341 e. The number of amides is 1. The number of esters is 1. The van der Waals surface area contributed by atoms with Crippen molar-refractivity contribution in [2.75, 3.05) is 18.2 Å². The van der Waals surface area contributed by atoms with Crippen LogP contribution >= 0.6 is 11.3 Å². The van der Waals surface area contributed by atoms with Gasteiger partial charge in [-0.2, -0.15) is 0 Å². The van der Waals surface area contributed by atoms with Gasteiger partial charge in [0.15, 0.2) is 9.84 Å². The van der Waals surface area contributed by atoms with Gasteiger partial charge in [-0.05, 0) is 55.0 Å². The molecule has 0 radical (unpaired) electrons. The van der Waals surface area contributed by atoms with Gasteiger partial charge in [-0.3, -0.25) is 4.79 Å². The second kappa shape index (κ2) is 8.62. The number of benzene rings is 1. The Morgan fingerprint density at radius 3 is 2.62 bits per heavy atom. The number of hydrogen-bond donors (Lipinski definition) is 1. The zero-order chi connectivity index (χ0) is 21.2. The van der Waals surface area contributed by atoms with Crippen molar-refractivity contribution < 1.29 is 27.1 Å². The first-order valence-electron chi connectivity index (χ1n) is 9.22. The van der Waals surface area contributed by atoms with Gasteiger partial charge in [0.25, 0.3) is 0 Å². The summed E-state index contributed by atoms with van der Waals surface area (Å²) < 4.78 is 42.6. The predicted octanol–water partition coefficient (Wildman–Crippen LogP) is 3.60. The molecule has 1 heterocycles. The summed E-state index contributed by atoms with van der Waals surface area (Å²) in [6.07, 6.45) is 2.25. The lowest BCUT2D eigenvalue weighted by Crippen LogP contribution is -2.19. The van der Waals surface area contributed by atoms with Crippen LogP contribution in [0.15, 0.2) is 29.2 Å². The highest BCUT2D eigenvalue weighted by Gasteiger charge is 2.29. The van der Waals surface area contributed by atoms with Crippen LogP contribution in [0.5, 0.6) is 0 Å². The molecule has 0 saturated heterocycles. The molecule has 1 atom stereocenters. The fraction of sp³-hybridized carbons (Fsp3) is 0.400. The van der Waals surface area contributed by atoms with Crippen LogP contribution in [0.25, 0.3) is 0 Å². The van der Waals surface area contributed by atoms with E-state index in [-0.39, 0.29) is 11.3 Å². The van der Waals surface area contributed by atoms with Crippen molar-refractivity contribution >= 4 is 38.1 Å². The van der Waals surface area contributed by atoms with Crippen molar-refractivity contribution in [3.8, 4) is 0 Å². The lowest BCUT2D eigenvalue weighted by molar-refractivity contribution is -0.115. The minimum atomic E-state index is -3.72. The Balaban J connectivity index is 1.73. The molecule has 1 N–H and O–H groups in total. The van der Waals surface area contributed by atoms with Gasteiger partial charge in [-0.1, -0.05) is 6.92 Å². The summed E-state index contributed by atoms with van der Waals surface area (Å²) in [5.74, 6) is -1.47. The van der Waals surface area contributed by atoms with E-state index in [1.165, 1.54) is 30.6 Å². The van der Waals surface area contributed by atoms with E-state index in [1.807, 2.05) is 0 Å². The molecule has 1 aromatic heterocycles. The topological polar surface area (TPSA) is 89.5 Å². The molecule has 1 unspecified atom stereocenters. The molecule has 156 valence electrons. The zero-order valence-corrected chi connectivity index (χ0v) is 17.8. The van der Waals surface area contributed by atoms with E-state index >= 15 is 0 Å². The molecular formula is C20H22FNO5S2. The summed E-state index contributed by atoms with van der Waals surface area (Å²) in [7, 11) is -2.43. The number of nitrogens with one attached hydrogen (secondary N) is 1. The van der Waals surface area contributed by atoms with Crippen LogP contribution in [0, 0.1) is 11.7 Å². The van der Waals surface area contributed by atoms with Crippen molar-refractivity contribution in [3.05, 3.63) is 46.1 Å². The molecular weight excluding hydrogens is 417 g/mol. The van der Waals surface area contributed by atoms with E-state index in [0.717, 1.165) is 41.8 Å². The summed E-state index contributed by atoms with van der Waals surface area (Å²) in [6, 6.07) is 4.47. The Kier molecular flexibility index (Phi) is 6.38. The summed E-state index contributed by atoms with van der Waals surface area (Å²) in [4.78, 5) is 25.7. The number of carbonyl (C=O) groups is 2. The Labute approximate surface area is 173 Å². The Morgan fingerprint density at radius 1 is 1.28 bits per heavy atom. The van der Waals surface area contributed by atoms with Crippen LogP contribution in [0.1, 0.15) is 40.6 Å². The van der Waals surface area contributed by atoms with E-state index < -0.39 is 33.3 Å². The normalized spacial score (nSPS) is 16.2. The summed E-state index contributed by atoms with van der Waals surface area (Å²) >= 11 is 1.35. The van der Waals surface area contributed by atoms with Crippen LogP contribution in [0.4, 0.5) is 9.39 Å². The van der Waals surface area contributed by atoms with Crippen molar-refractivity contribution in [2.45, 2.75) is 37.5 Å². The molecule has 1 aliphatic rings. The van der Waals surface area contributed by atoms with Crippen LogP contribution in [0.3, 0.4) is 0 Å². The monoisotopic (exact) mass is 439 g/mol. The third kappa shape index (κ3) is 4.84. The number of ether oxygens (including phenoxy) is 1. The van der Waals surface area contributed by atoms with Crippen LogP contribution < -0.4 is 5.32 Å². The molecule has 29 heavy (non-hydrogen) atoms. The molecule has 9 heteroatoms. The second-order valence-electron chi connectivity index (χ2n) is 7.12. The van der Waals surface area contributed by atoms with Gasteiger partial charge in [0.1, 0.15) is 10.8 Å². The predicted molar refractivity (Wildman–Crippen MR) is 109 cm³/mol. The smallest absolute Gasteiger partial charge is 0.341 e. The van der Waals surface area contributed by atoms with Crippen LogP contribution in [0.2, 0.25) is 0 Å².